The van der Waals surface area contributed by atoms with Crippen molar-refractivity contribution in [1.82, 2.24) is 9.47 Å². The number of carbonyl (C=O) groups excluding carboxylic acids is 1. The van der Waals surface area contributed by atoms with Gasteiger partial charge in [0.2, 0.25) is 5.91 Å². The predicted molar refractivity (Wildman–Crippen MR) is 109 cm³/mol. The van der Waals surface area contributed by atoms with Crippen molar-refractivity contribution < 1.29 is 9.53 Å². The standard InChI is InChI=1S/C23H21ClN2O2/c24-18-8-9-20-19(15-18)22(25-11-4-5-12-25)23(28-20)10-13-26(16-23)21(27)14-17-6-2-1-3-7-17/h1-9,11-12,15,22H,10,13-14,16H2. The van der Waals surface area contributed by atoms with Gasteiger partial charge in [0.1, 0.15) is 11.8 Å². The quantitative estimate of drug-likeness (QED) is 0.664. The van der Waals surface area contributed by atoms with Crippen LogP contribution >= 0.6 is 11.6 Å². The largest absolute Gasteiger partial charge is 0.482 e. The molecule has 2 unspecified atom stereocenters. The van der Waals surface area contributed by atoms with Gasteiger partial charge >= 0.3 is 0 Å². The van der Waals surface area contributed by atoms with E-state index >= 15 is 0 Å². The molecule has 0 radical (unpaired) electrons. The number of nitrogens with zero attached hydrogens (tertiary/aromatic N) is 2. The normalized spacial score (nSPS) is 23.0. The highest BCUT2D eigenvalue weighted by atomic mass is 35.5. The molecule has 2 atom stereocenters. The Kier molecular flexibility index (Phi) is 4.17. The van der Waals surface area contributed by atoms with Gasteiger partial charge in [-0.25, -0.2) is 0 Å². The molecule has 2 aromatic carbocycles. The summed E-state index contributed by atoms with van der Waals surface area (Å²) in [7, 11) is 0. The highest BCUT2D eigenvalue weighted by molar-refractivity contribution is 6.30. The number of amides is 1. The number of rotatable bonds is 3. The maximum atomic E-state index is 12.9. The molecular formula is C23H21ClN2O2. The lowest BCUT2D eigenvalue weighted by molar-refractivity contribution is -0.130. The van der Waals surface area contributed by atoms with E-state index < -0.39 is 5.60 Å². The summed E-state index contributed by atoms with van der Waals surface area (Å²) < 4.78 is 8.68. The van der Waals surface area contributed by atoms with E-state index in [0.717, 1.165) is 23.3 Å². The fraction of sp³-hybridized carbons (Fsp3) is 0.261. The number of halogens is 1. The minimum atomic E-state index is -0.460. The third-order valence-corrected chi connectivity index (χ3v) is 6.05. The van der Waals surface area contributed by atoms with Crippen LogP contribution in [0.15, 0.2) is 73.1 Å². The molecular weight excluding hydrogens is 372 g/mol. The number of carbonyl (C=O) groups is 1. The highest BCUT2D eigenvalue weighted by Crippen LogP contribution is 2.50. The van der Waals surface area contributed by atoms with Crippen molar-refractivity contribution in [2.45, 2.75) is 24.5 Å². The first-order valence-corrected chi connectivity index (χ1v) is 9.95. The van der Waals surface area contributed by atoms with Crippen LogP contribution in [0.3, 0.4) is 0 Å². The molecule has 1 aromatic heterocycles. The lowest BCUT2D eigenvalue weighted by atomic mass is 9.90. The fourth-order valence-electron chi connectivity index (χ4n) is 4.54. The van der Waals surface area contributed by atoms with Crippen LogP contribution in [-0.4, -0.2) is 34.1 Å². The van der Waals surface area contributed by atoms with Gasteiger partial charge in [0.25, 0.3) is 0 Å². The van der Waals surface area contributed by atoms with Gasteiger partial charge in [0.15, 0.2) is 5.60 Å². The van der Waals surface area contributed by atoms with E-state index in [0.29, 0.717) is 24.5 Å². The fourth-order valence-corrected chi connectivity index (χ4v) is 4.72. The number of ether oxygens (including phenoxy) is 1. The highest BCUT2D eigenvalue weighted by Gasteiger charge is 2.54. The molecule has 4 nitrogen and oxygen atoms in total. The average molecular weight is 393 g/mol. The smallest absolute Gasteiger partial charge is 0.227 e. The molecule has 5 rings (SSSR count). The van der Waals surface area contributed by atoms with Gasteiger partial charge in [-0.15, -0.1) is 0 Å². The molecule has 0 aliphatic carbocycles. The summed E-state index contributed by atoms with van der Waals surface area (Å²) >= 11 is 6.29. The molecule has 1 spiro atoms. The summed E-state index contributed by atoms with van der Waals surface area (Å²) in [5.74, 6) is 1.01. The van der Waals surface area contributed by atoms with Crippen molar-refractivity contribution in [3.63, 3.8) is 0 Å². The van der Waals surface area contributed by atoms with Crippen LogP contribution < -0.4 is 4.74 Å². The van der Waals surface area contributed by atoms with Crippen molar-refractivity contribution in [2.75, 3.05) is 13.1 Å². The van der Waals surface area contributed by atoms with Gasteiger partial charge in [-0.1, -0.05) is 41.9 Å². The summed E-state index contributed by atoms with van der Waals surface area (Å²) in [4.78, 5) is 14.9. The number of hydrogen-bond donors (Lipinski definition) is 0. The molecule has 0 bridgehead atoms. The van der Waals surface area contributed by atoms with E-state index in [1.54, 1.807) is 0 Å². The Labute approximate surface area is 169 Å². The zero-order chi connectivity index (χ0) is 19.1. The van der Waals surface area contributed by atoms with Crippen molar-refractivity contribution in [3.05, 3.63) is 89.2 Å². The first kappa shape index (κ1) is 17.4. The van der Waals surface area contributed by atoms with Crippen LogP contribution in [0.25, 0.3) is 0 Å². The maximum absolute atomic E-state index is 12.9. The number of likely N-dealkylation sites (tertiary alicyclic amines) is 1. The predicted octanol–water partition coefficient (Wildman–Crippen LogP) is 4.34. The zero-order valence-electron chi connectivity index (χ0n) is 15.4. The number of fused-ring (bicyclic) bond motifs is 1. The van der Waals surface area contributed by atoms with Crippen LogP contribution in [0, 0.1) is 0 Å². The van der Waals surface area contributed by atoms with Gasteiger partial charge < -0.3 is 14.2 Å². The lowest BCUT2D eigenvalue weighted by Crippen LogP contribution is -2.44. The van der Waals surface area contributed by atoms with E-state index in [1.165, 1.54) is 0 Å². The Morgan fingerprint density at radius 1 is 1.11 bits per heavy atom. The summed E-state index contributed by atoms with van der Waals surface area (Å²) in [5.41, 5.74) is 1.66. The molecule has 1 fully saturated rings. The zero-order valence-corrected chi connectivity index (χ0v) is 16.2. The Bertz CT molecular complexity index is 1000. The SMILES string of the molecule is O=C(Cc1ccccc1)N1CCC2(C1)Oc1ccc(Cl)cc1C2n1cccc1. The molecule has 3 aromatic rings. The average Bonchev–Trinajstić information content (AvgIpc) is 3.42. The topological polar surface area (TPSA) is 34.5 Å². The lowest BCUT2D eigenvalue weighted by Gasteiger charge is -2.31. The minimum absolute atomic E-state index is 0.00530. The second kappa shape index (κ2) is 6.71. The van der Waals surface area contributed by atoms with Crippen molar-refractivity contribution in [1.29, 1.82) is 0 Å². The van der Waals surface area contributed by atoms with Crippen LogP contribution in [0.4, 0.5) is 0 Å². The summed E-state index contributed by atoms with van der Waals surface area (Å²) in [5, 5.41) is 0.701. The third-order valence-electron chi connectivity index (χ3n) is 5.82. The molecule has 28 heavy (non-hydrogen) atoms. The summed E-state index contributed by atoms with van der Waals surface area (Å²) in [6.45, 7) is 1.28. The second-order valence-electron chi connectivity index (χ2n) is 7.61. The van der Waals surface area contributed by atoms with Crippen LogP contribution in [0.1, 0.15) is 23.6 Å². The van der Waals surface area contributed by atoms with Crippen LogP contribution in [0.5, 0.6) is 5.75 Å². The minimum Gasteiger partial charge on any atom is -0.482 e. The van der Waals surface area contributed by atoms with Crippen LogP contribution in [-0.2, 0) is 11.2 Å². The number of aromatic nitrogens is 1. The Hall–Kier alpha value is -2.72. The van der Waals surface area contributed by atoms with Gasteiger partial charge in [0, 0.05) is 35.9 Å². The summed E-state index contributed by atoms with van der Waals surface area (Å²) in [6, 6.07) is 19.7. The van der Waals surface area contributed by atoms with Gasteiger partial charge in [0.05, 0.1) is 13.0 Å². The van der Waals surface area contributed by atoms with E-state index in [2.05, 4.69) is 17.0 Å². The van der Waals surface area contributed by atoms with Gasteiger partial charge in [-0.2, -0.15) is 0 Å². The monoisotopic (exact) mass is 392 g/mol. The summed E-state index contributed by atoms with van der Waals surface area (Å²) in [6.07, 6.45) is 5.33. The molecule has 2 aliphatic rings. The molecule has 1 saturated heterocycles. The maximum Gasteiger partial charge on any atom is 0.227 e. The molecule has 0 saturated carbocycles. The number of benzene rings is 2. The van der Waals surface area contributed by atoms with Gasteiger partial charge in [-0.05, 0) is 35.9 Å². The third kappa shape index (κ3) is 2.89. The van der Waals surface area contributed by atoms with Gasteiger partial charge in [-0.3, -0.25) is 4.79 Å². The van der Waals surface area contributed by atoms with Crippen LogP contribution in [0.2, 0.25) is 5.02 Å². The first-order chi connectivity index (χ1) is 13.6. The van der Waals surface area contributed by atoms with E-state index in [9.17, 15) is 4.79 Å². The molecule has 5 heteroatoms. The van der Waals surface area contributed by atoms with Crippen molar-refractivity contribution in [3.8, 4) is 5.75 Å². The molecule has 142 valence electrons. The molecule has 2 aliphatic heterocycles. The Balaban J connectivity index is 1.44. The Morgan fingerprint density at radius 2 is 1.89 bits per heavy atom. The number of hydrogen-bond acceptors (Lipinski definition) is 2. The van der Waals surface area contributed by atoms with E-state index in [1.807, 2.05) is 65.6 Å². The second-order valence-corrected chi connectivity index (χ2v) is 8.05. The van der Waals surface area contributed by atoms with E-state index in [-0.39, 0.29) is 11.9 Å². The van der Waals surface area contributed by atoms with Crippen molar-refractivity contribution in [2.24, 2.45) is 0 Å². The first-order valence-electron chi connectivity index (χ1n) is 9.57. The molecule has 3 heterocycles. The van der Waals surface area contributed by atoms with Crippen molar-refractivity contribution >= 4 is 17.5 Å². The Morgan fingerprint density at radius 3 is 2.68 bits per heavy atom. The van der Waals surface area contributed by atoms with E-state index in [4.69, 9.17) is 16.3 Å². The molecule has 0 N–H and O–H groups in total. The molecule has 1 amide bonds.